The molecule has 1 atom stereocenters. The average molecular weight is 338 g/mol. The van der Waals surface area contributed by atoms with Gasteiger partial charge in [0.05, 0.1) is 11.7 Å². The van der Waals surface area contributed by atoms with Crippen LogP contribution in [-0.4, -0.2) is 19.3 Å². The zero-order chi connectivity index (χ0) is 13.9. The van der Waals surface area contributed by atoms with Crippen LogP contribution in [0.2, 0.25) is 0 Å². The second-order valence-electron chi connectivity index (χ2n) is 4.56. The van der Waals surface area contributed by atoms with Crippen LogP contribution < -0.4 is 5.32 Å². The summed E-state index contributed by atoms with van der Waals surface area (Å²) in [5.41, 5.74) is -0.553. The van der Waals surface area contributed by atoms with Gasteiger partial charge in [0, 0.05) is 23.3 Å². The van der Waals surface area contributed by atoms with Gasteiger partial charge in [-0.1, -0.05) is 15.9 Å². The van der Waals surface area contributed by atoms with Gasteiger partial charge in [0.15, 0.2) is 0 Å². The molecule has 1 heterocycles. The Balaban J connectivity index is 2.07. The standard InChI is InChI=1S/C13H15BrF3NO/c14-9-4-5-11(13(15,16)17)12(7-9)18-8-10-3-1-2-6-19-10/h4-5,7,10,18H,1-3,6,8H2. The highest BCUT2D eigenvalue weighted by molar-refractivity contribution is 9.10. The topological polar surface area (TPSA) is 21.3 Å². The van der Waals surface area contributed by atoms with Gasteiger partial charge in [-0.3, -0.25) is 0 Å². The predicted molar refractivity (Wildman–Crippen MR) is 71.2 cm³/mol. The third-order valence-corrected chi connectivity index (χ3v) is 3.57. The average Bonchev–Trinajstić information content (AvgIpc) is 2.36. The maximum atomic E-state index is 12.9. The number of ether oxygens (including phenoxy) is 1. The summed E-state index contributed by atoms with van der Waals surface area (Å²) in [6.45, 7) is 1.09. The first-order valence-electron chi connectivity index (χ1n) is 6.19. The SMILES string of the molecule is FC(F)(F)c1ccc(Br)cc1NCC1CCCCO1. The lowest BCUT2D eigenvalue weighted by atomic mass is 10.1. The van der Waals surface area contributed by atoms with Crippen LogP contribution in [0.4, 0.5) is 18.9 Å². The summed E-state index contributed by atoms with van der Waals surface area (Å²) in [6, 6.07) is 3.92. The summed E-state index contributed by atoms with van der Waals surface area (Å²) in [7, 11) is 0. The fraction of sp³-hybridized carbons (Fsp3) is 0.538. The first kappa shape index (κ1) is 14.7. The Hall–Kier alpha value is -0.750. The van der Waals surface area contributed by atoms with Gasteiger partial charge in [-0.15, -0.1) is 0 Å². The van der Waals surface area contributed by atoms with Gasteiger partial charge in [-0.2, -0.15) is 13.2 Å². The van der Waals surface area contributed by atoms with Crippen LogP contribution in [0, 0.1) is 0 Å². The molecule has 1 aromatic carbocycles. The van der Waals surface area contributed by atoms with Crippen LogP contribution in [-0.2, 0) is 10.9 Å². The molecule has 2 rings (SSSR count). The minimum Gasteiger partial charge on any atom is -0.382 e. The molecule has 0 spiro atoms. The molecule has 19 heavy (non-hydrogen) atoms. The third kappa shape index (κ3) is 4.11. The molecular weight excluding hydrogens is 323 g/mol. The van der Waals surface area contributed by atoms with Gasteiger partial charge in [0.1, 0.15) is 0 Å². The van der Waals surface area contributed by atoms with Gasteiger partial charge in [0.2, 0.25) is 0 Å². The molecule has 0 radical (unpaired) electrons. The quantitative estimate of drug-likeness (QED) is 0.879. The zero-order valence-corrected chi connectivity index (χ0v) is 11.9. The van der Waals surface area contributed by atoms with Gasteiger partial charge >= 0.3 is 6.18 Å². The molecule has 1 aliphatic rings. The van der Waals surface area contributed by atoms with E-state index in [4.69, 9.17) is 4.74 Å². The monoisotopic (exact) mass is 337 g/mol. The van der Waals surface area contributed by atoms with E-state index in [1.165, 1.54) is 12.1 Å². The fourth-order valence-electron chi connectivity index (χ4n) is 2.10. The van der Waals surface area contributed by atoms with Crippen molar-refractivity contribution in [1.82, 2.24) is 0 Å². The van der Waals surface area contributed by atoms with Gasteiger partial charge in [-0.05, 0) is 37.5 Å². The Morgan fingerprint density at radius 2 is 2.11 bits per heavy atom. The normalized spacial score (nSPS) is 20.3. The number of hydrogen-bond acceptors (Lipinski definition) is 2. The van der Waals surface area contributed by atoms with Crippen molar-refractivity contribution in [3.8, 4) is 0 Å². The molecule has 0 saturated carbocycles. The molecule has 0 aliphatic carbocycles. The maximum Gasteiger partial charge on any atom is 0.418 e. The largest absolute Gasteiger partial charge is 0.418 e. The highest BCUT2D eigenvalue weighted by atomic mass is 79.9. The Kier molecular flexibility index (Phi) is 4.73. The molecule has 2 nitrogen and oxygen atoms in total. The zero-order valence-electron chi connectivity index (χ0n) is 10.3. The second-order valence-corrected chi connectivity index (χ2v) is 5.47. The molecule has 1 N–H and O–H groups in total. The molecule has 1 aromatic rings. The number of nitrogens with one attached hydrogen (secondary N) is 1. The fourth-order valence-corrected chi connectivity index (χ4v) is 2.46. The Morgan fingerprint density at radius 1 is 1.32 bits per heavy atom. The van der Waals surface area contributed by atoms with E-state index in [2.05, 4.69) is 21.2 Å². The summed E-state index contributed by atoms with van der Waals surface area (Å²) in [5.74, 6) is 0. The molecule has 1 unspecified atom stereocenters. The van der Waals surface area contributed by atoms with Crippen molar-refractivity contribution in [2.45, 2.75) is 31.5 Å². The van der Waals surface area contributed by atoms with E-state index in [0.717, 1.165) is 25.3 Å². The van der Waals surface area contributed by atoms with Crippen molar-refractivity contribution in [1.29, 1.82) is 0 Å². The summed E-state index contributed by atoms with van der Waals surface area (Å²) < 4.78 is 44.7. The molecular formula is C13H15BrF3NO. The number of halogens is 4. The van der Waals surface area contributed by atoms with Crippen LogP contribution in [0.3, 0.4) is 0 Å². The Bertz CT molecular complexity index is 430. The lowest BCUT2D eigenvalue weighted by molar-refractivity contribution is -0.137. The van der Waals surface area contributed by atoms with E-state index in [1.807, 2.05) is 0 Å². The smallest absolute Gasteiger partial charge is 0.382 e. The Labute approximate surface area is 118 Å². The van der Waals surface area contributed by atoms with E-state index in [1.54, 1.807) is 0 Å². The van der Waals surface area contributed by atoms with Crippen molar-refractivity contribution < 1.29 is 17.9 Å². The number of rotatable bonds is 3. The number of hydrogen-bond donors (Lipinski definition) is 1. The molecule has 1 saturated heterocycles. The summed E-state index contributed by atoms with van der Waals surface area (Å²) in [6.07, 6.45) is -1.37. The van der Waals surface area contributed by atoms with Gasteiger partial charge < -0.3 is 10.1 Å². The van der Waals surface area contributed by atoms with Crippen molar-refractivity contribution in [2.75, 3.05) is 18.5 Å². The molecule has 0 amide bonds. The lowest BCUT2D eigenvalue weighted by Gasteiger charge is -2.24. The third-order valence-electron chi connectivity index (χ3n) is 3.08. The second kappa shape index (κ2) is 6.13. The molecule has 0 aromatic heterocycles. The molecule has 106 valence electrons. The number of anilines is 1. The molecule has 1 fully saturated rings. The van der Waals surface area contributed by atoms with Crippen molar-refractivity contribution in [3.05, 3.63) is 28.2 Å². The minimum absolute atomic E-state index is 0.00573. The van der Waals surface area contributed by atoms with Gasteiger partial charge in [0.25, 0.3) is 0 Å². The van der Waals surface area contributed by atoms with E-state index >= 15 is 0 Å². The first-order valence-corrected chi connectivity index (χ1v) is 6.98. The number of alkyl halides is 3. The van der Waals surface area contributed by atoms with E-state index in [9.17, 15) is 13.2 Å². The minimum atomic E-state index is -4.35. The number of benzene rings is 1. The summed E-state index contributed by atoms with van der Waals surface area (Å²) in [4.78, 5) is 0. The summed E-state index contributed by atoms with van der Waals surface area (Å²) in [5, 5.41) is 2.86. The van der Waals surface area contributed by atoms with Crippen molar-refractivity contribution in [2.24, 2.45) is 0 Å². The lowest BCUT2D eigenvalue weighted by Crippen LogP contribution is -2.27. The Morgan fingerprint density at radius 3 is 2.74 bits per heavy atom. The van der Waals surface area contributed by atoms with Gasteiger partial charge in [-0.25, -0.2) is 0 Å². The van der Waals surface area contributed by atoms with Crippen molar-refractivity contribution in [3.63, 3.8) is 0 Å². The maximum absolute atomic E-state index is 12.9. The first-order chi connectivity index (χ1) is 8.97. The highest BCUT2D eigenvalue weighted by Crippen LogP contribution is 2.36. The van der Waals surface area contributed by atoms with Crippen LogP contribution in [0.15, 0.2) is 22.7 Å². The van der Waals surface area contributed by atoms with E-state index in [0.29, 0.717) is 17.6 Å². The van der Waals surface area contributed by atoms with E-state index < -0.39 is 11.7 Å². The van der Waals surface area contributed by atoms with Crippen LogP contribution in [0.5, 0.6) is 0 Å². The van der Waals surface area contributed by atoms with Crippen molar-refractivity contribution >= 4 is 21.6 Å². The summed E-state index contributed by atoms with van der Waals surface area (Å²) >= 11 is 3.19. The van der Waals surface area contributed by atoms with Crippen LogP contribution in [0.1, 0.15) is 24.8 Å². The van der Waals surface area contributed by atoms with Crippen LogP contribution >= 0.6 is 15.9 Å². The van der Waals surface area contributed by atoms with Crippen LogP contribution in [0.25, 0.3) is 0 Å². The van der Waals surface area contributed by atoms with E-state index in [-0.39, 0.29) is 11.8 Å². The molecule has 0 bridgehead atoms. The molecule has 6 heteroatoms. The predicted octanol–water partition coefficient (Wildman–Crippen LogP) is 4.45. The molecule has 1 aliphatic heterocycles. The highest BCUT2D eigenvalue weighted by Gasteiger charge is 2.33.